The van der Waals surface area contributed by atoms with Crippen molar-refractivity contribution in [1.82, 2.24) is 0 Å². The summed E-state index contributed by atoms with van der Waals surface area (Å²) in [6, 6.07) is 0. The van der Waals surface area contributed by atoms with Crippen LogP contribution in [0.3, 0.4) is 0 Å². The first-order chi connectivity index (χ1) is 27.5. The van der Waals surface area contributed by atoms with E-state index in [-0.39, 0.29) is 37.5 Å². The maximum Gasteiger partial charge on any atom is 0.306 e. The second-order valence-corrected chi connectivity index (χ2v) is 15.6. The third kappa shape index (κ3) is 42.5. The molecule has 0 aliphatic rings. The third-order valence-corrected chi connectivity index (χ3v) is 10.1. The van der Waals surface area contributed by atoms with Gasteiger partial charge in [0.1, 0.15) is 13.2 Å². The van der Waals surface area contributed by atoms with Gasteiger partial charge in [-0.3, -0.25) is 14.4 Å². The molecular weight excluding hydrogens is 697 g/mol. The van der Waals surface area contributed by atoms with Crippen LogP contribution in [0.5, 0.6) is 0 Å². The fourth-order valence-electron chi connectivity index (χ4n) is 6.51. The molecule has 0 aromatic heterocycles. The van der Waals surface area contributed by atoms with Crippen molar-refractivity contribution in [1.29, 1.82) is 0 Å². The molecule has 0 heterocycles. The van der Waals surface area contributed by atoms with Gasteiger partial charge < -0.3 is 14.2 Å². The molecule has 0 amide bonds. The van der Waals surface area contributed by atoms with Gasteiger partial charge in [-0.05, 0) is 77.0 Å². The van der Waals surface area contributed by atoms with E-state index in [1.807, 2.05) is 0 Å². The lowest BCUT2D eigenvalue weighted by Crippen LogP contribution is -2.30. The Bertz CT molecular complexity index is 996. The second-order valence-electron chi connectivity index (χ2n) is 15.6. The Hall–Kier alpha value is -2.63. The average molecular weight is 785 g/mol. The minimum absolute atomic E-state index is 0.0897. The molecule has 56 heavy (non-hydrogen) atoms. The highest BCUT2D eigenvalue weighted by atomic mass is 16.6. The summed E-state index contributed by atoms with van der Waals surface area (Å²) >= 11 is 0. The van der Waals surface area contributed by atoms with Crippen LogP contribution in [0.25, 0.3) is 0 Å². The van der Waals surface area contributed by atoms with Crippen molar-refractivity contribution in [2.75, 3.05) is 13.2 Å². The number of unbranched alkanes of at least 4 members (excludes halogenated alkanes) is 23. The standard InChI is InChI=1S/C50H88O6/c1-4-7-10-13-16-19-22-24-25-26-27-29-31-34-37-40-43-49(52)55-46-47(45-54-48(51)42-39-36-33-30-21-18-15-12-9-6-3)56-50(53)44-41-38-35-32-28-23-20-17-14-11-8-5-2/h8,11,17,20,25-26,28,32,47H,4-7,9-10,12-16,18-19,21-24,27,29-31,33-46H2,1-3H3/b11-8-,20-17-,26-25-,32-28-. The molecule has 0 saturated heterocycles. The van der Waals surface area contributed by atoms with Crippen LogP contribution in [0.1, 0.15) is 233 Å². The molecule has 1 unspecified atom stereocenters. The lowest BCUT2D eigenvalue weighted by atomic mass is 10.1. The second kappa shape index (κ2) is 45.1. The fourth-order valence-corrected chi connectivity index (χ4v) is 6.51. The molecule has 0 aliphatic heterocycles. The topological polar surface area (TPSA) is 78.9 Å². The Morgan fingerprint density at radius 2 is 0.696 bits per heavy atom. The summed E-state index contributed by atoms with van der Waals surface area (Å²) in [5.41, 5.74) is 0. The molecule has 0 aromatic rings. The molecule has 0 bridgehead atoms. The zero-order valence-electron chi connectivity index (χ0n) is 36.9. The maximum atomic E-state index is 12.7. The Morgan fingerprint density at radius 3 is 1.14 bits per heavy atom. The average Bonchev–Trinajstić information content (AvgIpc) is 3.19. The highest BCUT2D eigenvalue weighted by Gasteiger charge is 2.19. The number of ether oxygens (including phenoxy) is 3. The van der Waals surface area contributed by atoms with Gasteiger partial charge in [-0.2, -0.15) is 0 Å². The van der Waals surface area contributed by atoms with E-state index in [1.165, 1.54) is 109 Å². The summed E-state index contributed by atoms with van der Waals surface area (Å²) in [7, 11) is 0. The van der Waals surface area contributed by atoms with Crippen LogP contribution >= 0.6 is 0 Å². The normalized spacial score (nSPS) is 12.4. The molecule has 0 spiro atoms. The molecule has 0 N–H and O–H groups in total. The highest BCUT2D eigenvalue weighted by molar-refractivity contribution is 5.71. The Morgan fingerprint density at radius 1 is 0.375 bits per heavy atom. The minimum Gasteiger partial charge on any atom is -0.462 e. The molecule has 0 rings (SSSR count). The molecule has 324 valence electrons. The Kier molecular flexibility index (Phi) is 43.0. The molecule has 6 nitrogen and oxygen atoms in total. The van der Waals surface area contributed by atoms with Gasteiger partial charge in [-0.1, -0.05) is 185 Å². The van der Waals surface area contributed by atoms with E-state index in [2.05, 4.69) is 69.4 Å². The van der Waals surface area contributed by atoms with E-state index >= 15 is 0 Å². The van der Waals surface area contributed by atoms with Crippen LogP contribution in [0, 0.1) is 0 Å². The Balaban J connectivity index is 4.39. The quantitative estimate of drug-likeness (QED) is 0.0265. The fraction of sp³-hybridized carbons (Fsp3) is 0.780. The van der Waals surface area contributed by atoms with E-state index in [9.17, 15) is 14.4 Å². The van der Waals surface area contributed by atoms with Crippen molar-refractivity contribution in [2.24, 2.45) is 0 Å². The molecule has 0 aromatic carbocycles. The molecule has 0 radical (unpaired) electrons. The minimum atomic E-state index is -0.791. The van der Waals surface area contributed by atoms with Gasteiger partial charge >= 0.3 is 17.9 Å². The lowest BCUT2D eigenvalue weighted by Gasteiger charge is -2.18. The zero-order valence-corrected chi connectivity index (χ0v) is 36.9. The largest absolute Gasteiger partial charge is 0.462 e. The summed E-state index contributed by atoms with van der Waals surface area (Å²) in [6.07, 6.45) is 52.4. The van der Waals surface area contributed by atoms with Crippen LogP contribution in [0.2, 0.25) is 0 Å². The summed E-state index contributed by atoms with van der Waals surface area (Å²) in [5.74, 6) is -0.939. The van der Waals surface area contributed by atoms with Crippen molar-refractivity contribution >= 4 is 17.9 Å². The maximum absolute atomic E-state index is 12.7. The lowest BCUT2D eigenvalue weighted by molar-refractivity contribution is -0.167. The number of allylic oxidation sites excluding steroid dienone is 8. The van der Waals surface area contributed by atoms with Crippen LogP contribution in [-0.2, 0) is 28.6 Å². The van der Waals surface area contributed by atoms with Crippen molar-refractivity contribution in [2.45, 2.75) is 239 Å². The van der Waals surface area contributed by atoms with Crippen LogP contribution in [0.15, 0.2) is 48.6 Å². The number of rotatable bonds is 42. The van der Waals surface area contributed by atoms with Crippen molar-refractivity contribution < 1.29 is 28.6 Å². The molecule has 0 fully saturated rings. The Labute approximate surface area is 346 Å². The zero-order chi connectivity index (χ0) is 40.8. The predicted molar refractivity (Wildman–Crippen MR) is 238 cm³/mol. The van der Waals surface area contributed by atoms with E-state index in [0.717, 1.165) is 77.0 Å². The van der Waals surface area contributed by atoms with Crippen LogP contribution in [-0.4, -0.2) is 37.2 Å². The predicted octanol–water partition coefficient (Wildman–Crippen LogP) is 15.1. The first kappa shape index (κ1) is 53.4. The van der Waals surface area contributed by atoms with Crippen LogP contribution < -0.4 is 0 Å². The molecule has 0 saturated carbocycles. The SMILES string of the molecule is CC/C=C\C/C=C\C/C=C\CCCCC(=O)OC(COC(=O)CCCCCCC/C=C\CCCCCCCCC)COC(=O)CCCCCCCCCCCC. The van der Waals surface area contributed by atoms with E-state index in [4.69, 9.17) is 14.2 Å². The summed E-state index contributed by atoms with van der Waals surface area (Å²) in [4.78, 5) is 37.7. The van der Waals surface area contributed by atoms with Gasteiger partial charge in [0.15, 0.2) is 6.10 Å². The number of carbonyl (C=O) groups is 3. The first-order valence-electron chi connectivity index (χ1n) is 23.6. The monoisotopic (exact) mass is 785 g/mol. The van der Waals surface area contributed by atoms with Gasteiger partial charge in [-0.15, -0.1) is 0 Å². The number of hydrogen-bond acceptors (Lipinski definition) is 6. The van der Waals surface area contributed by atoms with Gasteiger partial charge in [0, 0.05) is 19.3 Å². The van der Waals surface area contributed by atoms with Gasteiger partial charge in [0.25, 0.3) is 0 Å². The smallest absolute Gasteiger partial charge is 0.306 e. The number of carbonyl (C=O) groups excluding carboxylic acids is 3. The van der Waals surface area contributed by atoms with Crippen molar-refractivity contribution in [3.8, 4) is 0 Å². The number of esters is 3. The van der Waals surface area contributed by atoms with Crippen molar-refractivity contribution in [3.05, 3.63) is 48.6 Å². The summed E-state index contributed by atoms with van der Waals surface area (Å²) in [6.45, 7) is 6.46. The number of hydrogen-bond donors (Lipinski definition) is 0. The first-order valence-corrected chi connectivity index (χ1v) is 23.6. The highest BCUT2D eigenvalue weighted by Crippen LogP contribution is 2.14. The summed E-state index contributed by atoms with van der Waals surface area (Å²) < 4.78 is 16.7. The summed E-state index contributed by atoms with van der Waals surface area (Å²) in [5, 5.41) is 0. The van der Waals surface area contributed by atoms with Gasteiger partial charge in [-0.25, -0.2) is 0 Å². The van der Waals surface area contributed by atoms with Gasteiger partial charge in [0.2, 0.25) is 0 Å². The molecular formula is C50H88O6. The van der Waals surface area contributed by atoms with Gasteiger partial charge in [0.05, 0.1) is 0 Å². The van der Waals surface area contributed by atoms with E-state index in [1.54, 1.807) is 0 Å². The van der Waals surface area contributed by atoms with E-state index in [0.29, 0.717) is 19.3 Å². The molecule has 6 heteroatoms. The molecule has 1 atom stereocenters. The van der Waals surface area contributed by atoms with Crippen molar-refractivity contribution in [3.63, 3.8) is 0 Å². The van der Waals surface area contributed by atoms with E-state index < -0.39 is 6.10 Å². The third-order valence-electron chi connectivity index (χ3n) is 10.1. The van der Waals surface area contributed by atoms with Crippen LogP contribution in [0.4, 0.5) is 0 Å². The molecule has 0 aliphatic carbocycles.